The van der Waals surface area contributed by atoms with Crippen LogP contribution in [0.5, 0.6) is 0 Å². The van der Waals surface area contributed by atoms with E-state index in [0.717, 1.165) is 30.7 Å². The molecule has 1 aliphatic rings. The summed E-state index contributed by atoms with van der Waals surface area (Å²) in [6.45, 7) is 2.42. The number of aliphatic imine (C=N–C) groups is 1. The first-order valence-corrected chi connectivity index (χ1v) is 10.7. The number of halogens is 4. The van der Waals surface area contributed by atoms with Crippen LogP contribution in [0.15, 0.2) is 40.7 Å². The largest absolute Gasteiger partial charge is 0.416 e. The summed E-state index contributed by atoms with van der Waals surface area (Å²) in [5.41, 5.74) is 1.40. The molecule has 0 bridgehead atoms. The Balaban J connectivity index is 0.00000341. The molecule has 5 nitrogen and oxygen atoms in total. The second-order valence-electron chi connectivity index (χ2n) is 7.05. The average Bonchev–Trinajstić information content (AvgIpc) is 3.20. The number of rotatable bonds is 6. The molecule has 3 rings (SSSR count). The van der Waals surface area contributed by atoms with Crippen LogP contribution in [-0.2, 0) is 30.4 Å². The molecule has 1 aromatic heterocycles. The van der Waals surface area contributed by atoms with Crippen molar-refractivity contribution < 1.29 is 18.0 Å². The minimum atomic E-state index is -4.32. The van der Waals surface area contributed by atoms with Gasteiger partial charge in [0.05, 0.1) is 5.56 Å². The lowest BCUT2D eigenvalue weighted by atomic mass is 10.1. The Kier molecular flexibility index (Phi) is 9.60. The lowest BCUT2D eigenvalue weighted by Gasteiger charge is -2.27. The number of alkyl halides is 3. The Morgan fingerprint density at radius 2 is 1.87 bits per heavy atom. The van der Waals surface area contributed by atoms with Gasteiger partial charge < -0.3 is 15.5 Å². The van der Waals surface area contributed by atoms with Crippen LogP contribution in [0.3, 0.4) is 0 Å². The minimum Gasteiger partial charge on any atom is -0.356 e. The van der Waals surface area contributed by atoms with Gasteiger partial charge in [0.1, 0.15) is 0 Å². The first-order valence-electron chi connectivity index (χ1n) is 9.80. The first-order chi connectivity index (χ1) is 14.4. The van der Waals surface area contributed by atoms with Crippen molar-refractivity contribution in [3.8, 4) is 0 Å². The molecule has 10 heteroatoms. The molecular weight excluding hydrogens is 540 g/mol. The van der Waals surface area contributed by atoms with Gasteiger partial charge >= 0.3 is 6.18 Å². The van der Waals surface area contributed by atoms with Crippen molar-refractivity contribution >= 4 is 47.2 Å². The molecule has 170 valence electrons. The Morgan fingerprint density at radius 3 is 2.55 bits per heavy atom. The summed E-state index contributed by atoms with van der Waals surface area (Å²) < 4.78 is 37.8. The van der Waals surface area contributed by atoms with Crippen LogP contribution >= 0.6 is 35.3 Å². The van der Waals surface area contributed by atoms with Crippen LogP contribution in [-0.4, -0.2) is 43.4 Å². The number of carbonyl (C=O) groups is 1. The summed E-state index contributed by atoms with van der Waals surface area (Å²) in [5, 5.41) is 8.30. The maximum Gasteiger partial charge on any atom is 0.416 e. The van der Waals surface area contributed by atoms with Crippen molar-refractivity contribution in [1.29, 1.82) is 0 Å². The number of nitrogens with zero attached hydrogens (tertiary/aromatic N) is 2. The topological polar surface area (TPSA) is 56.7 Å². The highest BCUT2D eigenvalue weighted by molar-refractivity contribution is 14.0. The van der Waals surface area contributed by atoms with E-state index < -0.39 is 11.7 Å². The van der Waals surface area contributed by atoms with E-state index in [1.807, 2.05) is 4.90 Å². The van der Waals surface area contributed by atoms with Crippen LogP contribution < -0.4 is 10.6 Å². The Labute approximate surface area is 201 Å². The number of hydrogen-bond donors (Lipinski definition) is 2. The standard InChI is InChI=1S/C21H25F3N4OS.HI/c1-25-20(26-10-6-15-2-4-17(5-3-15)21(22,23)24)27-11-7-19(29)28-12-8-18-16(14-28)9-13-30-18;/h2-5,9,13H,6-8,10-12,14H2,1H3,(H2,25,26,27);1H. The van der Waals surface area contributed by atoms with Crippen molar-refractivity contribution in [2.75, 3.05) is 26.7 Å². The molecule has 0 unspecified atom stereocenters. The molecule has 1 amide bonds. The summed E-state index contributed by atoms with van der Waals surface area (Å²) in [5.74, 6) is 0.674. The zero-order valence-electron chi connectivity index (χ0n) is 17.2. The zero-order chi connectivity index (χ0) is 21.6. The zero-order valence-corrected chi connectivity index (χ0v) is 20.3. The van der Waals surface area contributed by atoms with Crippen LogP contribution in [0.2, 0.25) is 0 Å². The van der Waals surface area contributed by atoms with Gasteiger partial charge in [-0.05, 0) is 47.5 Å². The predicted molar refractivity (Wildman–Crippen MR) is 128 cm³/mol. The molecule has 0 saturated carbocycles. The van der Waals surface area contributed by atoms with Crippen LogP contribution in [0.25, 0.3) is 0 Å². The molecule has 0 spiro atoms. The van der Waals surface area contributed by atoms with Gasteiger partial charge in [-0.2, -0.15) is 13.2 Å². The highest BCUT2D eigenvalue weighted by atomic mass is 127. The molecule has 0 radical (unpaired) electrons. The molecule has 0 saturated heterocycles. The lowest BCUT2D eigenvalue weighted by Crippen LogP contribution is -2.41. The van der Waals surface area contributed by atoms with Crippen LogP contribution in [0.4, 0.5) is 13.2 Å². The molecule has 1 aromatic carbocycles. The van der Waals surface area contributed by atoms with E-state index in [1.54, 1.807) is 18.4 Å². The quantitative estimate of drug-likeness (QED) is 0.315. The minimum absolute atomic E-state index is 0. The fourth-order valence-corrected chi connectivity index (χ4v) is 4.20. The van der Waals surface area contributed by atoms with Crippen molar-refractivity contribution in [1.82, 2.24) is 15.5 Å². The van der Waals surface area contributed by atoms with Gasteiger partial charge in [-0.3, -0.25) is 9.79 Å². The third kappa shape index (κ3) is 7.37. The molecule has 0 atom stereocenters. The molecule has 2 N–H and O–H groups in total. The third-order valence-corrected chi connectivity index (χ3v) is 6.03. The van der Waals surface area contributed by atoms with E-state index in [-0.39, 0.29) is 29.9 Å². The van der Waals surface area contributed by atoms with Gasteiger partial charge in [0.15, 0.2) is 5.96 Å². The number of benzene rings is 1. The second kappa shape index (κ2) is 11.7. The fourth-order valence-electron chi connectivity index (χ4n) is 3.31. The van der Waals surface area contributed by atoms with Gasteiger partial charge in [0, 0.05) is 44.5 Å². The summed E-state index contributed by atoms with van der Waals surface area (Å²) >= 11 is 1.75. The number of hydrogen-bond acceptors (Lipinski definition) is 3. The highest BCUT2D eigenvalue weighted by Gasteiger charge is 2.29. The number of guanidine groups is 1. The molecular formula is C21H26F3IN4OS. The van der Waals surface area contributed by atoms with E-state index in [1.165, 1.54) is 22.6 Å². The smallest absolute Gasteiger partial charge is 0.356 e. The Bertz CT molecular complexity index is 883. The van der Waals surface area contributed by atoms with E-state index in [2.05, 4.69) is 27.1 Å². The second-order valence-corrected chi connectivity index (χ2v) is 8.06. The summed E-state index contributed by atoms with van der Waals surface area (Å²) in [6.07, 6.45) is -2.46. The lowest BCUT2D eigenvalue weighted by molar-refractivity contribution is -0.137. The van der Waals surface area contributed by atoms with Crippen molar-refractivity contribution in [2.24, 2.45) is 4.99 Å². The van der Waals surface area contributed by atoms with Gasteiger partial charge in [-0.25, -0.2) is 0 Å². The number of nitrogens with one attached hydrogen (secondary N) is 2. The highest BCUT2D eigenvalue weighted by Crippen LogP contribution is 2.29. The van der Waals surface area contributed by atoms with E-state index >= 15 is 0 Å². The summed E-state index contributed by atoms with van der Waals surface area (Å²) in [6, 6.07) is 7.23. The van der Waals surface area contributed by atoms with E-state index in [4.69, 9.17) is 0 Å². The van der Waals surface area contributed by atoms with E-state index in [9.17, 15) is 18.0 Å². The number of amides is 1. The first kappa shape index (κ1) is 25.4. The van der Waals surface area contributed by atoms with Crippen LogP contribution in [0, 0.1) is 0 Å². The van der Waals surface area contributed by atoms with Crippen molar-refractivity contribution in [3.63, 3.8) is 0 Å². The normalized spacial score (nSPS) is 13.9. The maximum absolute atomic E-state index is 12.6. The number of fused-ring (bicyclic) bond motifs is 1. The van der Waals surface area contributed by atoms with E-state index in [0.29, 0.717) is 38.4 Å². The SMILES string of the molecule is CN=C(NCCC(=O)N1CCc2sccc2C1)NCCc1ccc(C(F)(F)F)cc1.I. The molecule has 2 aromatic rings. The molecule has 0 aliphatic carbocycles. The van der Waals surface area contributed by atoms with Gasteiger partial charge in [0.25, 0.3) is 0 Å². The van der Waals surface area contributed by atoms with Gasteiger partial charge in [0.2, 0.25) is 5.91 Å². The van der Waals surface area contributed by atoms with Crippen molar-refractivity contribution in [3.05, 3.63) is 57.3 Å². The molecule has 1 aliphatic heterocycles. The summed E-state index contributed by atoms with van der Waals surface area (Å²) in [4.78, 5) is 19.8. The molecule has 2 heterocycles. The Hall–Kier alpha value is -1.82. The summed E-state index contributed by atoms with van der Waals surface area (Å²) in [7, 11) is 1.64. The van der Waals surface area contributed by atoms with Crippen LogP contribution in [0.1, 0.15) is 28.0 Å². The fraction of sp³-hybridized carbons (Fsp3) is 0.429. The van der Waals surface area contributed by atoms with Crippen molar-refractivity contribution in [2.45, 2.75) is 32.0 Å². The maximum atomic E-state index is 12.6. The monoisotopic (exact) mass is 566 g/mol. The van der Waals surface area contributed by atoms with Gasteiger partial charge in [-0.1, -0.05) is 12.1 Å². The molecule has 0 fully saturated rings. The van der Waals surface area contributed by atoms with Gasteiger partial charge in [-0.15, -0.1) is 35.3 Å². The molecule has 31 heavy (non-hydrogen) atoms. The average molecular weight is 566 g/mol. The number of carbonyl (C=O) groups excluding carboxylic acids is 1. The number of thiophene rings is 1. The Morgan fingerprint density at radius 1 is 1.16 bits per heavy atom. The third-order valence-electron chi connectivity index (χ3n) is 5.00. The predicted octanol–water partition coefficient (Wildman–Crippen LogP) is 4.07.